The Balaban J connectivity index is 1.95. The van der Waals surface area contributed by atoms with Crippen LogP contribution in [0.1, 0.15) is 59.5 Å². The summed E-state index contributed by atoms with van der Waals surface area (Å²) in [6.45, 7) is 1.84. The summed E-state index contributed by atoms with van der Waals surface area (Å²) >= 11 is 0. The van der Waals surface area contributed by atoms with Gasteiger partial charge in [-0.05, 0) is 41.3 Å². The summed E-state index contributed by atoms with van der Waals surface area (Å²) in [6.07, 6.45) is -8.37. The van der Waals surface area contributed by atoms with Gasteiger partial charge in [-0.15, -0.1) is 0 Å². The number of rotatable bonds is 7. The quantitative estimate of drug-likeness (QED) is 0.340. The normalized spacial score (nSPS) is 14.0. The van der Waals surface area contributed by atoms with Gasteiger partial charge in [0, 0.05) is 25.0 Å². The fourth-order valence-corrected chi connectivity index (χ4v) is 3.76. The van der Waals surface area contributed by atoms with E-state index >= 15 is 0 Å². The van der Waals surface area contributed by atoms with Gasteiger partial charge < -0.3 is 0 Å². The molecule has 0 saturated heterocycles. The Kier molecular flexibility index (Phi) is 7.25. The molecule has 0 spiro atoms. The van der Waals surface area contributed by atoms with E-state index in [1.807, 2.05) is 37.3 Å². The highest BCUT2D eigenvalue weighted by atomic mass is 19.4. The van der Waals surface area contributed by atoms with Crippen molar-refractivity contribution in [1.82, 2.24) is 4.98 Å². The number of pyridine rings is 1. The number of benzene rings is 2. The molecule has 2 nitrogen and oxygen atoms in total. The third-order valence-electron chi connectivity index (χ3n) is 5.45. The van der Waals surface area contributed by atoms with Crippen LogP contribution in [-0.2, 0) is 17.1 Å². The van der Waals surface area contributed by atoms with Crippen molar-refractivity contribution >= 4 is 5.78 Å². The number of nitrogens with zero attached hydrogens (tertiary/aromatic N) is 1. The average molecular weight is 465 g/mol. The van der Waals surface area contributed by atoms with Crippen molar-refractivity contribution in [2.75, 3.05) is 0 Å². The van der Waals surface area contributed by atoms with Gasteiger partial charge in [-0.1, -0.05) is 49.4 Å². The third-order valence-corrected chi connectivity index (χ3v) is 5.45. The van der Waals surface area contributed by atoms with E-state index in [2.05, 4.69) is 4.98 Å². The minimum Gasteiger partial charge on any atom is -0.300 e. The second kappa shape index (κ2) is 9.77. The zero-order valence-corrected chi connectivity index (χ0v) is 17.6. The Morgan fingerprint density at radius 2 is 1.42 bits per heavy atom. The summed E-state index contributed by atoms with van der Waals surface area (Å²) in [5, 5.41) is 0. The molecule has 1 heterocycles. The zero-order valence-electron chi connectivity index (χ0n) is 17.6. The highest BCUT2D eigenvalue weighted by Crippen LogP contribution is 2.39. The molecule has 3 rings (SSSR count). The van der Waals surface area contributed by atoms with Crippen LogP contribution in [0.15, 0.2) is 72.9 Å². The van der Waals surface area contributed by atoms with E-state index in [1.54, 1.807) is 0 Å². The van der Waals surface area contributed by atoms with Crippen molar-refractivity contribution in [3.63, 3.8) is 0 Å². The van der Waals surface area contributed by atoms with E-state index in [-0.39, 0.29) is 35.8 Å². The molecule has 3 aromatic rings. The molecule has 2 atom stereocenters. The topological polar surface area (TPSA) is 30.0 Å². The summed E-state index contributed by atoms with van der Waals surface area (Å²) in [5.41, 5.74) is -1.26. The molecule has 0 fully saturated rings. The maximum absolute atomic E-state index is 13.6. The average Bonchev–Trinajstić information content (AvgIpc) is 2.77. The summed E-state index contributed by atoms with van der Waals surface area (Å²) in [7, 11) is 0. The maximum Gasteiger partial charge on any atom is 0.418 e. The van der Waals surface area contributed by atoms with Crippen LogP contribution in [0, 0.1) is 0 Å². The van der Waals surface area contributed by atoms with Gasteiger partial charge >= 0.3 is 12.4 Å². The number of Topliss-reactive ketones (excluding diaryl/α,β-unsaturated/α-hetero) is 1. The lowest BCUT2D eigenvalue weighted by Crippen LogP contribution is -2.18. The van der Waals surface area contributed by atoms with E-state index in [4.69, 9.17) is 0 Å². The fourth-order valence-electron chi connectivity index (χ4n) is 3.76. The van der Waals surface area contributed by atoms with Gasteiger partial charge in [-0.2, -0.15) is 26.3 Å². The summed E-state index contributed by atoms with van der Waals surface area (Å²) in [4.78, 5) is 16.8. The van der Waals surface area contributed by atoms with Crippen molar-refractivity contribution in [1.29, 1.82) is 0 Å². The van der Waals surface area contributed by atoms with Crippen molar-refractivity contribution < 1.29 is 31.1 Å². The predicted octanol–water partition coefficient (Wildman–Crippen LogP) is 7.40. The number of carbonyl (C=O) groups is 1. The first kappa shape index (κ1) is 24.5. The van der Waals surface area contributed by atoms with E-state index in [0.717, 1.165) is 42.0 Å². The van der Waals surface area contributed by atoms with Crippen LogP contribution in [0.2, 0.25) is 0 Å². The molecule has 2 aromatic carbocycles. The maximum atomic E-state index is 13.6. The largest absolute Gasteiger partial charge is 0.418 e. The predicted molar refractivity (Wildman–Crippen MR) is 112 cm³/mol. The first-order valence-corrected chi connectivity index (χ1v) is 10.2. The smallest absolute Gasteiger partial charge is 0.300 e. The number of ketones is 1. The van der Waals surface area contributed by atoms with Crippen molar-refractivity contribution in [3.8, 4) is 0 Å². The van der Waals surface area contributed by atoms with E-state index in [9.17, 15) is 31.1 Å². The molecule has 0 unspecified atom stereocenters. The lowest BCUT2D eigenvalue weighted by molar-refractivity contribution is -0.139. The SMILES string of the molecule is C[C@H](CC(=O)C[C@@H](c1ccc(C(F)(F)F)cc1)c1ncccc1C(F)(F)F)c1ccccc1. The number of alkyl halides is 6. The van der Waals surface area contributed by atoms with Gasteiger partial charge in [0.05, 0.1) is 16.8 Å². The Morgan fingerprint density at radius 1 is 0.788 bits per heavy atom. The molecule has 1 aromatic heterocycles. The van der Waals surface area contributed by atoms with Crippen LogP contribution in [0.25, 0.3) is 0 Å². The highest BCUT2D eigenvalue weighted by Gasteiger charge is 2.37. The van der Waals surface area contributed by atoms with Gasteiger partial charge in [-0.3, -0.25) is 9.78 Å². The van der Waals surface area contributed by atoms with Crippen LogP contribution in [0.3, 0.4) is 0 Å². The number of carbonyl (C=O) groups excluding carboxylic acids is 1. The molecule has 0 bridgehead atoms. The van der Waals surface area contributed by atoms with Gasteiger partial charge in [-0.25, -0.2) is 0 Å². The minimum absolute atomic E-state index is 0.0787. The summed E-state index contributed by atoms with van der Waals surface area (Å²) in [6, 6.07) is 15.0. The Morgan fingerprint density at radius 3 is 2.00 bits per heavy atom. The fraction of sp³-hybridized carbons (Fsp3) is 0.280. The molecule has 0 aliphatic rings. The molecule has 0 amide bonds. The lowest BCUT2D eigenvalue weighted by Gasteiger charge is -2.22. The lowest BCUT2D eigenvalue weighted by atomic mass is 9.85. The van der Waals surface area contributed by atoms with Crippen LogP contribution in [-0.4, -0.2) is 10.8 Å². The van der Waals surface area contributed by atoms with Crippen molar-refractivity contribution in [3.05, 3.63) is 101 Å². The van der Waals surface area contributed by atoms with Crippen LogP contribution in [0.5, 0.6) is 0 Å². The van der Waals surface area contributed by atoms with Gasteiger partial charge in [0.25, 0.3) is 0 Å². The van der Waals surface area contributed by atoms with Gasteiger partial charge in [0.15, 0.2) is 0 Å². The third kappa shape index (κ3) is 6.21. The van der Waals surface area contributed by atoms with Crippen LogP contribution >= 0.6 is 0 Å². The Bertz CT molecular complexity index is 1070. The monoisotopic (exact) mass is 465 g/mol. The van der Waals surface area contributed by atoms with Crippen LogP contribution in [0.4, 0.5) is 26.3 Å². The summed E-state index contributed by atoms with van der Waals surface area (Å²) < 4.78 is 79.8. The standard InChI is InChI=1S/C25H21F6NO/c1-16(17-6-3-2-4-7-17)14-20(33)15-21(18-9-11-19(12-10-18)24(26,27)28)23-22(25(29,30)31)8-5-13-32-23/h2-13,16,21H,14-15H2,1H3/t16-,21+/m1/s1. The second-order valence-corrected chi connectivity index (χ2v) is 7.86. The first-order chi connectivity index (χ1) is 15.5. The Labute approximate surface area is 187 Å². The number of hydrogen-bond acceptors (Lipinski definition) is 2. The number of hydrogen-bond donors (Lipinski definition) is 0. The van der Waals surface area contributed by atoms with Crippen LogP contribution < -0.4 is 0 Å². The molecule has 0 saturated carbocycles. The zero-order chi connectivity index (χ0) is 24.2. The molecule has 0 radical (unpaired) electrons. The molecular weight excluding hydrogens is 444 g/mol. The summed E-state index contributed by atoms with van der Waals surface area (Å²) in [5.74, 6) is -1.62. The Hall–Kier alpha value is -3.16. The van der Waals surface area contributed by atoms with E-state index in [0.29, 0.717) is 0 Å². The molecule has 0 aliphatic carbocycles. The van der Waals surface area contributed by atoms with Gasteiger partial charge in [0.2, 0.25) is 0 Å². The molecule has 8 heteroatoms. The molecule has 33 heavy (non-hydrogen) atoms. The molecule has 0 aliphatic heterocycles. The number of aromatic nitrogens is 1. The van der Waals surface area contributed by atoms with Crippen molar-refractivity contribution in [2.45, 2.75) is 44.0 Å². The molecule has 174 valence electrons. The van der Waals surface area contributed by atoms with E-state index < -0.39 is 29.4 Å². The van der Waals surface area contributed by atoms with Crippen molar-refractivity contribution in [2.24, 2.45) is 0 Å². The number of halogens is 6. The van der Waals surface area contributed by atoms with E-state index in [1.165, 1.54) is 6.20 Å². The molecule has 0 N–H and O–H groups in total. The second-order valence-electron chi connectivity index (χ2n) is 7.86. The minimum atomic E-state index is -4.73. The molecular formula is C25H21F6NO. The van der Waals surface area contributed by atoms with Gasteiger partial charge in [0.1, 0.15) is 5.78 Å². The first-order valence-electron chi connectivity index (χ1n) is 10.2. The highest BCUT2D eigenvalue weighted by molar-refractivity contribution is 5.80.